The maximum atomic E-state index is 10.9. The van der Waals surface area contributed by atoms with Gasteiger partial charge in [-0.25, -0.2) is 9.78 Å². The van der Waals surface area contributed by atoms with Crippen LogP contribution < -0.4 is 4.74 Å². The summed E-state index contributed by atoms with van der Waals surface area (Å²) < 4.78 is 5.91. The largest absolute Gasteiger partial charge is 0.491 e. The third-order valence-corrected chi connectivity index (χ3v) is 2.67. The van der Waals surface area contributed by atoms with Crippen molar-refractivity contribution in [1.82, 2.24) is 4.98 Å². The lowest BCUT2D eigenvalue weighted by atomic mass is 10.2. The molecule has 0 aromatic carbocycles. The maximum absolute atomic E-state index is 10.9. The number of carboxylic acids is 1. The minimum absolute atomic E-state index is 0.150. The summed E-state index contributed by atoms with van der Waals surface area (Å²) >= 11 is 3.13. The van der Waals surface area contributed by atoms with E-state index in [1.54, 1.807) is 0 Å². The molecule has 1 aliphatic carbocycles. The van der Waals surface area contributed by atoms with Crippen LogP contribution in [0.3, 0.4) is 0 Å². The van der Waals surface area contributed by atoms with Gasteiger partial charge in [-0.15, -0.1) is 0 Å². The van der Waals surface area contributed by atoms with Crippen molar-refractivity contribution in [3.63, 3.8) is 0 Å². The van der Waals surface area contributed by atoms with Gasteiger partial charge in [0.1, 0.15) is 10.2 Å². The highest BCUT2D eigenvalue weighted by atomic mass is 79.9. The number of halogens is 1. The van der Waals surface area contributed by atoms with Crippen LogP contribution in [-0.2, 0) is 0 Å². The topological polar surface area (TPSA) is 59.4 Å². The van der Waals surface area contributed by atoms with Gasteiger partial charge in [0, 0.05) is 0 Å². The molecule has 2 rings (SSSR count). The average Bonchev–Trinajstić information content (AvgIpc) is 2.99. The highest BCUT2D eigenvalue weighted by molar-refractivity contribution is 9.10. The van der Waals surface area contributed by atoms with Gasteiger partial charge in [0.15, 0.2) is 5.75 Å². The second-order valence-electron chi connectivity index (χ2n) is 3.56. The Morgan fingerprint density at radius 1 is 1.67 bits per heavy atom. The fourth-order valence-electron chi connectivity index (χ4n) is 1.19. The van der Waals surface area contributed by atoms with E-state index in [9.17, 15) is 4.79 Å². The number of rotatable bonds is 4. The number of aromatic carboxylic acids is 1. The van der Waals surface area contributed by atoms with Crippen LogP contribution in [0.5, 0.6) is 5.75 Å². The zero-order chi connectivity index (χ0) is 10.8. The van der Waals surface area contributed by atoms with E-state index >= 15 is 0 Å². The molecule has 80 valence electrons. The third kappa shape index (κ3) is 2.68. The first-order valence-corrected chi connectivity index (χ1v) is 5.48. The smallest absolute Gasteiger partial charge is 0.339 e. The van der Waals surface area contributed by atoms with Crippen LogP contribution in [0.4, 0.5) is 0 Å². The number of ether oxygens (including phenoxy) is 1. The van der Waals surface area contributed by atoms with Crippen LogP contribution in [0.25, 0.3) is 0 Å². The van der Waals surface area contributed by atoms with Crippen molar-refractivity contribution in [2.75, 3.05) is 6.61 Å². The second-order valence-corrected chi connectivity index (χ2v) is 4.38. The fraction of sp³-hybridized carbons (Fsp3) is 0.400. The standard InChI is InChI=1S/C10H10BrNO3/c11-9-3-7(10(13)14)8(4-12-9)15-5-6-1-2-6/h3-4,6H,1-2,5H2,(H,13,14). The van der Waals surface area contributed by atoms with Gasteiger partial charge in [0.2, 0.25) is 0 Å². The Labute approximate surface area is 95.4 Å². The fourth-order valence-corrected chi connectivity index (χ4v) is 1.52. The van der Waals surface area contributed by atoms with Crippen LogP contribution in [0.15, 0.2) is 16.9 Å². The Morgan fingerprint density at radius 3 is 3.00 bits per heavy atom. The zero-order valence-corrected chi connectivity index (χ0v) is 9.53. The first-order chi connectivity index (χ1) is 7.16. The number of carbonyl (C=O) groups is 1. The second kappa shape index (κ2) is 4.18. The summed E-state index contributed by atoms with van der Waals surface area (Å²) in [6.07, 6.45) is 3.79. The van der Waals surface area contributed by atoms with Gasteiger partial charge in [-0.2, -0.15) is 0 Å². The molecule has 1 saturated carbocycles. The van der Waals surface area contributed by atoms with Crippen LogP contribution in [0.1, 0.15) is 23.2 Å². The molecule has 1 aliphatic rings. The van der Waals surface area contributed by atoms with E-state index in [-0.39, 0.29) is 5.56 Å². The third-order valence-electron chi connectivity index (χ3n) is 2.24. The lowest BCUT2D eigenvalue weighted by molar-refractivity contribution is 0.0691. The summed E-state index contributed by atoms with van der Waals surface area (Å²) in [5.41, 5.74) is 0.150. The number of hydrogen-bond donors (Lipinski definition) is 1. The van der Waals surface area contributed by atoms with Gasteiger partial charge >= 0.3 is 5.97 Å². The SMILES string of the molecule is O=C(O)c1cc(Br)ncc1OCC1CC1. The molecular weight excluding hydrogens is 262 g/mol. The van der Waals surface area contributed by atoms with Crippen LogP contribution in [-0.4, -0.2) is 22.7 Å². The van der Waals surface area contributed by atoms with E-state index in [1.165, 1.54) is 25.1 Å². The number of nitrogens with zero attached hydrogens (tertiary/aromatic N) is 1. The Balaban J connectivity index is 2.15. The molecule has 0 saturated heterocycles. The Bertz CT molecular complexity index is 390. The molecule has 0 unspecified atom stereocenters. The van der Waals surface area contributed by atoms with Crippen LogP contribution in [0.2, 0.25) is 0 Å². The van der Waals surface area contributed by atoms with E-state index < -0.39 is 5.97 Å². The first kappa shape index (κ1) is 10.4. The van der Waals surface area contributed by atoms with Crippen molar-refractivity contribution >= 4 is 21.9 Å². The summed E-state index contributed by atoms with van der Waals surface area (Å²) in [4.78, 5) is 14.9. The minimum atomic E-state index is -0.996. The number of carboxylic acid groups (broad SMARTS) is 1. The van der Waals surface area contributed by atoms with Crippen molar-refractivity contribution in [3.05, 3.63) is 22.4 Å². The molecule has 0 aliphatic heterocycles. The van der Waals surface area contributed by atoms with Crippen LogP contribution in [0, 0.1) is 5.92 Å². The zero-order valence-electron chi connectivity index (χ0n) is 7.94. The molecule has 1 aromatic heterocycles. The van der Waals surface area contributed by atoms with Crippen molar-refractivity contribution in [1.29, 1.82) is 0 Å². The van der Waals surface area contributed by atoms with Crippen molar-refractivity contribution < 1.29 is 14.6 Å². The summed E-state index contributed by atoms with van der Waals surface area (Å²) in [5, 5.41) is 8.94. The summed E-state index contributed by atoms with van der Waals surface area (Å²) in [6.45, 7) is 0.587. The minimum Gasteiger partial charge on any atom is -0.491 e. The van der Waals surface area contributed by atoms with Gasteiger partial charge in [0.25, 0.3) is 0 Å². The van der Waals surface area contributed by atoms with Crippen molar-refractivity contribution in [2.24, 2.45) is 5.92 Å². The molecule has 1 heterocycles. The molecule has 0 bridgehead atoms. The summed E-state index contributed by atoms with van der Waals surface area (Å²) in [6, 6.07) is 1.45. The van der Waals surface area contributed by atoms with Crippen molar-refractivity contribution in [3.8, 4) is 5.75 Å². The van der Waals surface area contributed by atoms with E-state index in [2.05, 4.69) is 20.9 Å². The molecular formula is C10H10BrNO3. The lowest BCUT2D eigenvalue weighted by Gasteiger charge is -2.07. The maximum Gasteiger partial charge on any atom is 0.339 e. The lowest BCUT2D eigenvalue weighted by Crippen LogP contribution is -2.06. The van der Waals surface area contributed by atoms with Gasteiger partial charge in [-0.3, -0.25) is 0 Å². The summed E-state index contributed by atoms with van der Waals surface area (Å²) in [7, 11) is 0. The Kier molecular flexibility index (Phi) is 2.90. The quantitative estimate of drug-likeness (QED) is 0.854. The van der Waals surface area contributed by atoms with Crippen molar-refractivity contribution in [2.45, 2.75) is 12.8 Å². The first-order valence-electron chi connectivity index (χ1n) is 4.68. The molecule has 4 nitrogen and oxygen atoms in total. The summed E-state index contributed by atoms with van der Waals surface area (Å²) in [5.74, 6) is -0.0585. The highest BCUT2D eigenvalue weighted by Crippen LogP contribution is 2.30. The normalized spacial score (nSPS) is 15.0. The molecule has 1 fully saturated rings. The predicted octanol–water partition coefficient (Wildman–Crippen LogP) is 2.33. The van der Waals surface area contributed by atoms with Gasteiger partial charge in [-0.05, 0) is 40.8 Å². The Morgan fingerprint density at radius 2 is 2.40 bits per heavy atom. The molecule has 0 radical (unpaired) electrons. The molecule has 1 N–H and O–H groups in total. The molecule has 0 atom stereocenters. The Hall–Kier alpha value is -1.10. The number of aromatic nitrogens is 1. The molecule has 5 heteroatoms. The van der Waals surface area contributed by atoms with E-state index in [1.807, 2.05) is 0 Å². The van der Waals surface area contributed by atoms with Gasteiger partial charge in [0.05, 0.1) is 12.8 Å². The number of hydrogen-bond acceptors (Lipinski definition) is 3. The average molecular weight is 272 g/mol. The molecule has 15 heavy (non-hydrogen) atoms. The van der Waals surface area contributed by atoms with E-state index in [0.29, 0.717) is 22.9 Å². The van der Waals surface area contributed by atoms with Gasteiger partial charge < -0.3 is 9.84 Å². The monoisotopic (exact) mass is 271 g/mol. The van der Waals surface area contributed by atoms with Crippen LogP contribution >= 0.6 is 15.9 Å². The number of pyridine rings is 1. The molecule has 0 spiro atoms. The van der Waals surface area contributed by atoms with E-state index in [0.717, 1.165) is 0 Å². The predicted molar refractivity (Wildman–Crippen MR) is 57.1 cm³/mol. The van der Waals surface area contributed by atoms with E-state index in [4.69, 9.17) is 9.84 Å². The molecule has 1 aromatic rings. The molecule has 0 amide bonds. The van der Waals surface area contributed by atoms with Gasteiger partial charge in [-0.1, -0.05) is 0 Å². The highest BCUT2D eigenvalue weighted by Gasteiger charge is 2.23.